The molecule has 0 radical (unpaired) electrons. The molecule has 0 amide bonds. The molecule has 0 fully saturated rings. The van der Waals surface area contributed by atoms with Gasteiger partial charge in [0.05, 0.1) is 24.0 Å². The number of nitrogens with two attached hydrogens (primary N) is 1. The largest absolute Gasteiger partial charge is 0.573 e. The molecule has 0 aliphatic carbocycles. The lowest BCUT2D eigenvalue weighted by Gasteiger charge is -2.13. The summed E-state index contributed by atoms with van der Waals surface area (Å²) >= 11 is 0. The molecule has 0 aliphatic heterocycles. The van der Waals surface area contributed by atoms with Crippen molar-refractivity contribution in [3.63, 3.8) is 0 Å². The van der Waals surface area contributed by atoms with Gasteiger partial charge in [-0.25, -0.2) is 9.18 Å². The number of nitrogen functional groups attached to an aromatic ring is 1. The number of anilines is 1. The maximum atomic E-state index is 14.0. The van der Waals surface area contributed by atoms with Gasteiger partial charge in [-0.05, 0) is 12.1 Å². The highest BCUT2D eigenvalue weighted by atomic mass is 19.4. The number of aromatic nitrogens is 1. The SMILES string of the molecule is COC(=O)c1c(N)c(C#N)cn1-c1cc(OC(F)(F)F)ccc1F. The van der Waals surface area contributed by atoms with Gasteiger partial charge in [0, 0.05) is 12.3 Å². The van der Waals surface area contributed by atoms with Crippen LogP contribution in [-0.2, 0) is 4.74 Å². The molecule has 2 aromatic rings. The van der Waals surface area contributed by atoms with Crippen LogP contribution in [0.15, 0.2) is 24.4 Å². The summed E-state index contributed by atoms with van der Waals surface area (Å²) in [5.41, 5.74) is 4.33. The first-order valence-electron chi connectivity index (χ1n) is 6.23. The van der Waals surface area contributed by atoms with Crippen LogP contribution in [-0.4, -0.2) is 24.0 Å². The highest BCUT2D eigenvalue weighted by Gasteiger charge is 2.32. The monoisotopic (exact) mass is 343 g/mol. The average Bonchev–Trinajstić information content (AvgIpc) is 2.83. The van der Waals surface area contributed by atoms with Crippen LogP contribution < -0.4 is 10.5 Å². The smallest absolute Gasteiger partial charge is 0.464 e. The number of methoxy groups -OCH3 is 1. The summed E-state index contributed by atoms with van der Waals surface area (Å²) in [6.45, 7) is 0. The highest BCUT2D eigenvalue weighted by molar-refractivity contribution is 5.96. The quantitative estimate of drug-likeness (QED) is 0.684. The zero-order valence-electron chi connectivity index (χ0n) is 12.0. The number of rotatable bonds is 3. The third kappa shape index (κ3) is 3.24. The molecular weight excluding hydrogens is 334 g/mol. The lowest BCUT2D eigenvalue weighted by Crippen LogP contribution is -2.17. The second-order valence-corrected chi connectivity index (χ2v) is 4.44. The molecule has 0 aliphatic rings. The number of alkyl halides is 3. The lowest BCUT2D eigenvalue weighted by atomic mass is 10.2. The minimum atomic E-state index is -4.98. The molecule has 1 heterocycles. The van der Waals surface area contributed by atoms with E-state index in [1.807, 2.05) is 0 Å². The van der Waals surface area contributed by atoms with Crippen LogP contribution in [0.2, 0.25) is 0 Å². The Bertz CT molecular complexity index is 837. The Kier molecular flexibility index (Phi) is 4.37. The van der Waals surface area contributed by atoms with E-state index in [-0.39, 0.29) is 11.3 Å². The molecule has 0 bridgehead atoms. The number of nitrogens with zero attached hydrogens (tertiary/aromatic N) is 2. The minimum Gasteiger partial charge on any atom is -0.464 e. The van der Waals surface area contributed by atoms with Crippen molar-refractivity contribution in [1.82, 2.24) is 4.57 Å². The van der Waals surface area contributed by atoms with E-state index < -0.39 is 35.3 Å². The van der Waals surface area contributed by atoms with E-state index in [9.17, 15) is 22.4 Å². The summed E-state index contributed by atoms with van der Waals surface area (Å²) < 4.78 is 60.0. The summed E-state index contributed by atoms with van der Waals surface area (Å²) in [7, 11) is 1.03. The van der Waals surface area contributed by atoms with E-state index in [0.717, 1.165) is 36.1 Å². The molecule has 0 spiro atoms. The van der Waals surface area contributed by atoms with Crippen LogP contribution in [0.3, 0.4) is 0 Å². The van der Waals surface area contributed by atoms with Crippen molar-refractivity contribution in [3.8, 4) is 17.5 Å². The Labute approximate surface area is 132 Å². The van der Waals surface area contributed by atoms with E-state index >= 15 is 0 Å². The van der Waals surface area contributed by atoms with Gasteiger partial charge in [-0.2, -0.15) is 5.26 Å². The number of carbonyl (C=O) groups is 1. The third-order valence-corrected chi connectivity index (χ3v) is 2.95. The normalized spacial score (nSPS) is 11.0. The predicted molar refractivity (Wildman–Crippen MR) is 72.9 cm³/mol. The molecular formula is C14H9F4N3O3. The van der Waals surface area contributed by atoms with Gasteiger partial charge < -0.3 is 19.8 Å². The van der Waals surface area contributed by atoms with Gasteiger partial charge in [0.1, 0.15) is 17.6 Å². The number of hydrogen-bond acceptors (Lipinski definition) is 5. The average molecular weight is 343 g/mol. The lowest BCUT2D eigenvalue weighted by molar-refractivity contribution is -0.274. The van der Waals surface area contributed by atoms with Gasteiger partial charge in [0.15, 0.2) is 5.69 Å². The van der Waals surface area contributed by atoms with Crippen molar-refractivity contribution in [3.05, 3.63) is 41.5 Å². The first-order valence-corrected chi connectivity index (χ1v) is 6.23. The molecule has 0 saturated carbocycles. The van der Waals surface area contributed by atoms with Gasteiger partial charge in [-0.15, -0.1) is 13.2 Å². The molecule has 2 rings (SSSR count). The second-order valence-electron chi connectivity index (χ2n) is 4.44. The van der Waals surface area contributed by atoms with Crippen molar-refractivity contribution in [2.24, 2.45) is 0 Å². The Morgan fingerprint density at radius 2 is 2.04 bits per heavy atom. The van der Waals surface area contributed by atoms with Crippen LogP contribution in [0.5, 0.6) is 5.75 Å². The highest BCUT2D eigenvalue weighted by Crippen LogP contribution is 2.30. The minimum absolute atomic E-state index is 0.169. The molecule has 126 valence electrons. The molecule has 10 heteroatoms. The fraction of sp³-hybridized carbons (Fsp3) is 0.143. The van der Waals surface area contributed by atoms with Gasteiger partial charge in [-0.3, -0.25) is 0 Å². The van der Waals surface area contributed by atoms with Crippen LogP contribution in [0.4, 0.5) is 23.2 Å². The molecule has 2 N–H and O–H groups in total. The number of ether oxygens (including phenoxy) is 2. The molecule has 0 unspecified atom stereocenters. The van der Waals surface area contributed by atoms with Crippen LogP contribution in [0.1, 0.15) is 16.1 Å². The number of halogens is 4. The summed E-state index contributed by atoms with van der Waals surface area (Å²) in [5, 5.41) is 8.97. The number of benzene rings is 1. The van der Waals surface area contributed by atoms with Gasteiger partial charge in [-0.1, -0.05) is 0 Å². The topological polar surface area (TPSA) is 90.3 Å². The van der Waals surface area contributed by atoms with Crippen LogP contribution in [0, 0.1) is 17.1 Å². The zero-order valence-corrected chi connectivity index (χ0v) is 12.0. The summed E-state index contributed by atoms with van der Waals surface area (Å²) in [6.07, 6.45) is -3.97. The van der Waals surface area contributed by atoms with E-state index in [0.29, 0.717) is 0 Å². The number of hydrogen-bond donors (Lipinski definition) is 1. The van der Waals surface area contributed by atoms with E-state index in [4.69, 9.17) is 11.0 Å². The predicted octanol–water partition coefficient (Wildman–Crippen LogP) is 2.76. The Hall–Kier alpha value is -3.22. The second kappa shape index (κ2) is 6.11. The standard InChI is InChI=1S/C14H9F4N3O3/c1-23-13(22)12-11(20)7(5-19)6-21(12)10-4-8(2-3-9(10)15)24-14(16,17)18/h2-4,6H,20H2,1H3. The van der Waals surface area contributed by atoms with E-state index in [1.54, 1.807) is 6.07 Å². The molecule has 1 aromatic heterocycles. The Morgan fingerprint density at radius 1 is 1.38 bits per heavy atom. The van der Waals surface area contributed by atoms with Gasteiger partial charge >= 0.3 is 12.3 Å². The van der Waals surface area contributed by atoms with E-state index in [2.05, 4.69) is 9.47 Å². The maximum absolute atomic E-state index is 14.0. The third-order valence-electron chi connectivity index (χ3n) is 2.95. The Morgan fingerprint density at radius 3 is 2.58 bits per heavy atom. The summed E-state index contributed by atoms with van der Waals surface area (Å²) in [4.78, 5) is 11.8. The van der Waals surface area contributed by atoms with Crippen molar-refractivity contribution in [2.75, 3.05) is 12.8 Å². The van der Waals surface area contributed by atoms with Crippen LogP contribution in [0.25, 0.3) is 5.69 Å². The fourth-order valence-corrected chi connectivity index (χ4v) is 1.98. The molecule has 1 aromatic carbocycles. The first-order chi connectivity index (χ1) is 11.2. The maximum Gasteiger partial charge on any atom is 0.573 e. The number of esters is 1. The Balaban J connectivity index is 2.66. The van der Waals surface area contributed by atoms with Crippen LogP contribution >= 0.6 is 0 Å². The van der Waals surface area contributed by atoms with Crippen molar-refractivity contribution >= 4 is 11.7 Å². The van der Waals surface area contributed by atoms with Gasteiger partial charge in [0.2, 0.25) is 0 Å². The van der Waals surface area contributed by atoms with Crippen molar-refractivity contribution < 1.29 is 31.8 Å². The van der Waals surface area contributed by atoms with Gasteiger partial charge in [0.25, 0.3) is 0 Å². The molecule has 0 atom stereocenters. The number of carbonyl (C=O) groups excluding carboxylic acids is 1. The molecule has 24 heavy (non-hydrogen) atoms. The molecule has 6 nitrogen and oxygen atoms in total. The number of nitriles is 1. The van der Waals surface area contributed by atoms with E-state index in [1.165, 1.54) is 0 Å². The summed E-state index contributed by atoms with van der Waals surface area (Å²) in [6, 6.07) is 3.90. The van der Waals surface area contributed by atoms with Crippen molar-refractivity contribution in [2.45, 2.75) is 6.36 Å². The first kappa shape index (κ1) is 17.1. The zero-order chi connectivity index (χ0) is 18.1. The fourth-order valence-electron chi connectivity index (χ4n) is 1.98. The van der Waals surface area contributed by atoms with Crippen molar-refractivity contribution in [1.29, 1.82) is 5.26 Å². The summed E-state index contributed by atoms with van der Waals surface area (Å²) in [5.74, 6) is -2.66. The molecule has 0 saturated heterocycles.